The van der Waals surface area contributed by atoms with Crippen LogP contribution in [-0.4, -0.2) is 32.0 Å². The van der Waals surface area contributed by atoms with Crippen LogP contribution in [0.25, 0.3) is 5.65 Å². The van der Waals surface area contributed by atoms with Gasteiger partial charge in [0, 0.05) is 17.0 Å². The second-order valence-electron chi connectivity index (χ2n) is 6.87. The molecule has 0 atom stereocenters. The van der Waals surface area contributed by atoms with Crippen LogP contribution in [0, 0.1) is 13.8 Å². The molecule has 1 amide bonds. The van der Waals surface area contributed by atoms with Gasteiger partial charge in [-0.25, -0.2) is 9.50 Å². The molecule has 3 heterocycles. The van der Waals surface area contributed by atoms with Gasteiger partial charge >= 0.3 is 0 Å². The third-order valence-corrected chi connectivity index (χ3v) is 5.25. The van der Waals surface area contributed by atoms with Crippen molar-refractivity contribution in [2.24, 2.45) is 0 Å². The van der Waals surface area contributed by atoms with Gasteiger partial charge in [-0.2, -0.15) is 5.10 Å². The molecule has 3 aromatic rings. The Balaban J connectivity index is 1.68. The van der Waals surface area contributed by atoms with E-state index in [9.17, 15) is 4.79 Å². The molecule has 2 aromatic heterocycles. The zero-order valence-corrected chi connectivity index (χ0v) is 16.2. The minimum absolute atomic E-state index is 0.0335. The lowest BCUT2D eigenvalue weighted by Gasteiger charge is -2.18. The first-order valence-electron chi connectivity index (χ1n) is 9.42. The van der Waals surface area contributed by atoms with Crippen LogP contribution in [0.2, 0.25) is 0 Å². The molecular formula is C21H24N4O2. The monoisotopic (exact) mass is 364 g/mol. The molecule has 0 radical (unpaired) electrons. The minimum atomic E-state index is -0.0335. The quantitative estimate of drug-likeness (QED) is 0.711. The van der Waals surface area contributed by atoms with Crippen molar-refractivity contribution in [2.45, 2.75) is 47.2 Å². The Morgan fingerprint density at radius 1 is 1.19 bits per heavy atom. The second-order valence-corrected chi connectivity index (χ2v) is 6.87. The SMILES string of the molecule is CCOc1ccccc1C(=O)N1Cc2nn3c(C)c(CC)c(C)nc3c2C1. The maximum Gasteiger partial charge on any atom is 0.258 e. The number of hydrogen-bond donors (Lipinski definition) is 0. The molecule has 0 unspecified atom stereocenters. The largest absolute Gasteiger partial charge is 0.493 e. The third kappa shape index (κ3) is 2.76. The van der Waals surface area contributed by atoms with Gasteiger partial charge in [0.15, 0.2) is 5.65 Å². The summed E-state index contributed by atoms with van der Waals surface area (Å²) in [6.07, 6.45) is 0.934. The van der Waals surface area contributed by atoms with Crippen molar-refractivity contribution in [3.8, 4) is 5.75 Å². The minimum Gasteiger partial charge on any atom is -0.493 e. The lowest BCUT2D eigenvalue weighted by atomic mass is 10.1. The van der Waals surface area contributed by atoms with E-state index in [4.69, 9.17) is 14.8 Å². The number of benzene rings is 1. The third-order valence-electron chi connectivity index (χ3n) is 5.25. The molecule has 0 spiro atoms. The molecule has 1 aromatic carbocycles. The summed E-state index contributed by atoms with van der Waals surface area (Å²) in [4.78, 5) is 19.7. The van der Waals surface area contributed by atoms with E-state index >= 15 is 0 Å². The lowest BCUT2D eigenvalue weighted by molar-refractivity contribution is 0.0745. The first-order valence-corrected chi connectivity index (χ1v) is 9.42. The molecule has 27 heavy (non-hydrogen) atoms. The fourth-order valence-corrected chi connectivity index (χ4v) is 3.92. The van der Waals surface area contributed by atoms with E-state index in [1.165, 1.54) is 5.56 Å². The molecule has 1 aliphatic rings. The average molecular weight is 364 g/mol. The fourth-order valence-electron chi connectivity index (χ4n) is 3.92. The van der Waals surface area contributed by atoms with Crippen molar-refractivity contribution >= 4 is 11.6 Å². The summed E-state index contributed by atoms with van der Waals surface area (Å²) in [6.45, 7) is 9.73. The van der Waals surface area contributed by atoms with E-state index in [-0.39, 0.29) is 5.91 Å². The predicted octanol–water partition coefficient (Wildman–Crippen LogP) is 3.46. The van der Waals surface area contributed by atoms with Crippen LogP contribution >= 0.6 is 0 Å². The van der Waals surface area contributed by atoms with Crippen LogP contribution < -0.4 is 4.74 Å². The number of carbonyl (C=O) groups excluding carboxylic acids is 1. The van der Waals surface area contributed by atoms with Gasteiger partial charge in [-0.1, -0.05) is 19.1 Å². The number of fused-ring (bicyclic) bond motifs is 3. The van der Waals surface area contributed by atoms with Gasteiger partial charge in [-0.15, -0.1) is 0 Å². The van der Waals surface area contributed by atoms with Gasteiger partial charge in [-0.05, 0) is 44.9 Å². The topological polar surface area (TPSA) is 59.7 Å². The van der Waals surface area contributed by atoms with Gasteiger partial charge in [0.05, 0.1) is 31.0 Å². The van der Waals surface area contributed by atoms with Crippen molar-refractivity contribution in [3.05, 3.63) is 58.0 Å². The molecule has 0 aliphatic carbocycles. The van der Waals surface area contributed by atoms with Crippen molar-refractivity contribution in [1.29, 1.82) is 0 Å². The molecule has 0 N–H and O–H groups in total. The summed E-state index contributed by atoms with van der Waals surface area (Å²) < 4.78 is 7.56. The highest BCUT2D eigenvalue weighted by atomic mass is 16.5. The number of hydrogen-bond acceptors (Lipinski definition) is 4. The lowest BCUT2D eigenvalue weighted by Crippen LogP contribution is -2.26. The standard InChI is InChI=1S/C21H24N4O2/c1-5-15-13(3)22-20-17-11-24(12-18(17)23-25(20)14(15)4)21(26)16-9-7-8-10-19(16)27-6-2/h7-10H,5-6,11-12H2,1-4H3. The van der Waals surface area contributed by atoms with Crippen molar-refractivity contribution < 1.29 is 9.53 Å². The Labute approximate surface area is 158 Å². The van der Waals surface area contributed by atoms with E-state index in [1.807, 2.05) is 47.5 Å². The number of aromatic nitrogens is 3. The molecule has 0 bridgehead atoms. The second kappa shape index (κ2) is 6.68. The molecule has 140 valence electrons. The Morgan fingerprint density at radius 2 is 1.96 bits per heavy atom. The maximum absolute atomic E-state index is 13.1. The summed E-state index contributed by atoms with van der Waals surface area (Å²) in [5, 5.41) is 4.76. The molecule has 1 aliphatic heterocycles. The number of amides is 1. The van der Waals surface area contributed by atoms with Crippen LogP contribution in [0.1, 0.15) is 52.4 Å². The summed E-state index contributed by atoms with van der Waals surface area (Å²) in [5.74, 6) is 0.593. The molecule has 4 rings (SSSR count). The maximum atomic E-state index is 13.1. The van der Waals surface area contributed by atoms with E-state index in [2.05, 4.69) is 13.8 Å². The molecule has 6 heteroatoms. The first-order chi connectivity index (χ1) is 13.0. The molecule has 0 saturated heterocycles. The van der Waals surface area contributed by atoms with E-state index in [1.54, 1.807) is 0 Å². The zero-order chi connectivity index (χ0) is 19.1. The van der Waals surface area contributed by atoms with Crippen LogP contribution in [0.4, 0.5) is 0 Å². The van der Waals surface area contributed by atoms with Gasteiger partial charge in [0.25, 0.3) is 5.91 Å². The normalized spacial score (nSPS) is 13.3. The number of aryl methyl sites for hydroxylation is 2. The van der Waals surface area contributed by atoms with Crippen LogP contribution in [0.5, 0.6) is 5.75 Å². The van der Waals surface area contributed by atoms with Crippen molar-refractivity contribution in [2.75, 3.05) is 6.61 Å². The molecule has 0 saturated carbocycles. The number of nitrogens with zero attached hydrogens (tertiary/aromatic N) is 4. The zero-order valence-electron chi connectivity index (χ0n) is 16.2. The average Bonchev–Trinajstić information content (AvgIpc) is 3.21. The van der Waals surface area contributed by atoms with Crippen molar-refractivity contribution in [3.63, 3.8) is 0 Å². The van der Waals surface area contributed by atoms with Gasteiger partial charge in [-0.3, -0.25) is 4.79 Å². The Hall–Kier alpha value is -2.89. The summed E-state index contributed by atoms with van der Waals surface area (Å²) in [5.41, 5.74) is 6.85. The number of rotatable bonds is 4. The molecule has 6 nitrogen and oxygen atoms in total. The highest BCUT2D eigenvalue weighted by Gasteiger charge is 2.31. The Morgan fingerprint density at radius 3 is 2.70 bits per heavy atom. The van der Waals surface area contributed by atoms with Crippen molar-refractivity contribution in [1.82, 2.24) is 19.5 Å². The highest BCUT2D eigenvalue weighted by Crippen LogP contribution is 2.30. The smallest absolute Gasteiger partial charge is 0.258 e. The van der Waals surface area contributed by atoms with Gasteiger partial charge in [0.2, 0.25) is 0 Å². The first kappa shape index (κ1) is 17.5. The number of para-hydroxylation sites is 1. The van der Waals surface area contributed by atoms with E-state index in [0.717, 1.165) is 34.7 Å². The van der Waals surface area contributed by atoms with E-state index in [0.29, 0.717) is 31.0 Å². The number of carbonyl (C=O) groups is 1. The highest BCUT2D eigenvalue weighted by molar-refractivity contribution is 5.97. The summed E-state index contributed by atoms with van der Waals surface area (Å²) in [6, 6.07) is 7.40. The molecular weight excluding hydrogens is 340 g/mol. The van der Waals surface area contributed by atoms with Crippen LogP contribution in [0.3, 0.4) is 0 Å². The summed E-state index contributed by atoms with van der Waals surface area (Å²) in [7, 11) is 0. The van der Waals surface area contributed by atoms with Gasteiger partial charge < -0.3 is 9.64 Å². The Bertz CT molecular complexity index is 1040. The predicted molar refractivity (Wildman–Crippen MR) is 103 cm³/mol. The fraction of sp³-hybridized carbons (Fsp3) is 0.381. The Kier molecular flexibility index (Phi) is 4.34. The summed E-state index contributed by atoms with van der Waals surface area (Å²) >= 11 is 0. The molecule has 0 fully saturated rings. The van der Waals surface area contributed by atoms with E-state index < -0.39 is 0 Å². The van der Waals surface area contributed by atoms with Crippen LogP contribution in [0.15, 0.2) is 24.3 Å². The van der Waals surface area contributed by atoms with Gasteiger partial charge in [0.1, 0.15) is 5.75 Å². The van der Waals surface area contributed by atoms with Crippen LogP contribution in [-0.2, 0) is 19.5 Å². The number of ether oxygens (including phenoxy) is 1.